The predicted molar refractivity (Wildman–Crippen MR) is 70.0 cm³/mol. The van der Waals surface area contributed by atoms with Crippen LogP contribution in [-0.2, 0) is 20.4 Å². The molecule has 1 N–H and O–H groups in total. The Morgan fingerprint density at radius 1 is 1.45 bits per heavy atom. The minimum atomic E-state index is -4.04. The van der Waals surface area contributed by atoms with E-state index in [1.807, 2.05) is 0 Å². The van der Waals surface area contributed by atoms with Gasteiger partial charge in [-0.2, -0.15) is 5.26 Å². The lowest BCUT2D eigenvalue weighted by molar-refractivity contribution is -0.137. The second-order valence-corrected chi connectivity index (χ2v) is 6.85. The summed E-state index contributed by atoms with van der Waals surface area (Å²) in [5.74, 6) is -3.43. The van der Waals surface area contributed by atoms with Gasteiger partial charge in [-0.15, -0.1) is 0 Å². The molecule has 0 heterocycles. The summed E-state index contributed by atoms with van der Waals surface area (Å²) in [7, 11) is -4.04. The minimum Gasteiger partial charge on any atom is -0.480 e. The molecule has 7 heteroatoms. The normalized spacial score (nSPS) is 12.9. The van der Waals surface area contributed by atoms with Gasteiger partial charge >= 0.3 is 5.97 Å². The van der Waals surface area contributed by atoms with Crippen molar-refractivity contribution in [1.82, 2.24) is 0 Å². The molecule has 1 aromatic rings. The Kier molecular flexibility index (Phi) is 4.84. The van der Waals surface area contributed by atoms with Crippen molar-refractivity contribution in [3.8, 4) is 6.07 Å². The van der Waals surface area contributed by atoms with E-state index in [4.69, 9.17) is 10.4 Å². The fourth-order valence-electron chi connectivity index (χ4n) is 1.95. The zero-order chi connectivity index (χ0) is 15.5. The summed E-state index contributed by atoms with van der Waals surface area (Å²) in [5, 5.41) is 16.3. The second-order valence-electron chi connectivity index (χ2n) is 4.72. The molecule has 5 nitrogen and oxygen atoms in total. The average molecular weight is 299 g/mol. The van der Waals surface area contributed by atoms with Gasteiger partial charge in [0.1, 0.15) is 5.82 Å². The highest BCUT2D eigenvalue weighted by Crippen LogP contribution is 2.21. The Balaban J connectivity index is 3.24. The van der Waals surface area contributed by atoms with Gasteiger partial charge in [-0.1, -0.05) is 13.8 Å². The monoisotopic (exact) mass is 299 g/mol. The Bertz CT molecular complexity index is 661. The molecule has 108 valence electrons. The Morgan fingerprint density at radius 3 is 2.50 bits per heavy atom. The average Bonchev–Trinajstić information content (AvgIpc) is 2.26. The van der Waals surface area contributed by atoms with Crippen LogP contribution in [0.4, 0.5) is 4.39 Å². The number of nitrogens with zero attached hydrogens (tertiary/aromatic N) is 1. The van der Waals surface area contributed by atoms with E-state index in [-0.39, 0.29) is 11.1 Å². The molecule has 0 aliphatic heterocycles. The number of hydrogen-bond donors (Lipinski definition) is 1. The first-order valence-corrected chi connectivity index (χ1v) is 7.53. The van der Waals surface area contributed by atoms with Crippen molar-refractivity contribution in [3.63, 3.8) is 0 Å². The predicted octanol–water partition coefficient (Wildman–Crippen LogP) is 1.72. The van der Waals surface area contributed by atoms with E-state index in [0.29, 0.717) is 0 Å². The molecule has 0 amide bonds. The number of hydrogen-bond acceptors (Lipinski definition) is 4. The lowest BCUT2D eigenvalue weighted by Crippen LogP contribution is -2.35. The van der Waals surface area contributed by atoms with Crippen LogP contribution in [0.15, 0.2) is 18.2 Å². The third kappa shape index (κ3) is 3.54. The molecule has 0 spiro atoms. The molecule has 0 radical (unpaired) electrons. The van der Waals surface area contributed by atoms with Crippen LogP contribution in [0.25, 0.3) is 0 Å². The van der Waals surface area contributed by atoms with Crippen LogP contribution in [0.3, 0.4) is 0 Å². The van der Waals surface area contributed by atoms with Gasteiger partial charge in [-0.3, -0.25) is 4.79 Å². The third-order valence-electron chi connectivity index (χ3n) is 2.78. The maximum Gasteiger partial charge on any atom is 0.322 e. The molecule has 0 aromatic heterocycles. The second kappa shape index (κ2) is 6.01. The van der Waals surface area contributed by atoms with Crippen molar-refractivity contribution >= 4 is 15.8 Å². The van der Waals surface area contributed by atoms with E-state index < -0.39 is 38.5 Å². The number of halogens is 1. The first-order valence-electron chi connectivity index (χ1n) is 5.82. The summed E-state index contributed by atoms with van der Waals surface area (Å²) < 4.78 is 37.5. The molecule has 1 aromatic carbocycles. The first kappa shape index (κ1) is 16.1. The molecule has 0 fully saturated rings. The zero-order valence-electron chi connectivity index (χ0n) is 11.0. The Labute approximate surface area is 116 Å². The number of carboxylic acid groups (broad SMARTS) is 1. The third-order valence-corrected chi connectivity index (χ3v) is 5.01. The topological polar surface area (TPSA) is 95.2 Å². The summed E-state index contributed by atoms with van der Waals surface area (Å²) in [4.78, 5) is 11.1. The quantitative estimate of drug-likeness (QED) is 0.893. The highest BCUT2D eigenvalue weighted by atomic mass is 32.2. The van der Waals surface area contributed by atoms with Crippen LogP contribution in [0.2, 0.25) is 0 Å². The lowest BCUT2D eigenvalue weighted by Gasteiger charge is -2.17. The van der Waals surface area contributed by atoms with Crippen LogP contribution in [0.5, 0.6) is 0 Å². The number of rotatable bonds is 5. The summed E-state index contributed by atoms with van der Waals surface area (Å²) in [6, 6.07) is 4.92. The fourth-order valence-corrected chi connectivity index (χ4v) is 3.94. The van der Waals surface area contributed by atoms with Gasteiger partial charge in [-0.05, 0) is 29.7 Å². The Morgan fingerprint density at radius 2 is 2.05 bits per heavy atom. The van der Waals surface area contributed by atoms with Crippen LogP contribution < -0.4 is 0 Å². The van der Waals surface area contributed by atoms with E-state index in [1.54, 1.807) is 6.07 Å². The number of carboxylic acids is 1. The van der Waals surface area contributed by atoms with Crippen molar-refractivity contribution in [2.75, 3.05) is 0 Å². The molecule has 0 aliphatic rings. The van der Waals surface area contributed by atoms with Gasteiger partial charge in [-0.25, -0.2) is 12.8 Å². The van der Waals surface area contributed by atoms with E-state index in [2.05, 4.69) is 0 Å². The highest BCUT2D eigenvalue weighted by molar-refractivity contribution is 7.92. The summed E-state index contributed by atoms with van der Waals surface area (Å²) in [5.41, 5.74) is -0.0118. The molecule has 20 heavy (non-hydrogen) atoms. The van der Waals surface area contributed by atoms with Crippen molar-refractivity contribution in [2.45, 2.75) is 24.9 Å². The van der Waals surface area contributed by atoms with E-state index in [9.17, 15) is 17.6 Å². The summed E-state index contributed by atoms with van der Waals surface area (Å²) >= 11 is 0. The van der Waals surface area contributed by atoms with Crippen molar-refractivity contribution < 1.29 is 22.7 Å². The van der Waals surface area contributed by atoms with Crippen LogP contribution >= 0.6 is 0 Å². The molecular weight excluding hydrogens is 285 g/mol. The zero-order valence-corrected chi connectivity index (χ0v) is 11.8. The van der Waals surface area contributed by atoms with Gasteiger partial charge in [0.25, 0.3) is 0 Å². The molecule has 0 saturated carbocycles. The van der Waals surface area contributed by atoms with Crippen LogP contribution in [0, 0.1) is 23.1 Å². The van der Waals surface area contributed by atoms with Crippen LogP contribution in [0.1, 0.15) is 25.0 Å². The number of benzene rings is 1. The molecule has 1 rings (SSSR count). The van der Waals surface area contributed by atoms with Gasteiger partial charge in [0.05, 0.1) is 17.4 Å². The SMILES string of the molecule is CC(C)C(C(=O)O)S(=O)(=O)Cc1cc(F)ccc1C#N. The maximum atomic E-state index is 13.2. The molecular formula is C13H14FNO4S. The number of aliphatic carboxylic acids is 1. The number of nitriles is 1. The minimum absolute atomic E-state index is 0.0165. The van der Waals surface area contributed by atoms with Gasteiger partial charge < -0.3 is 5.11 Å². The van der Waals surface area contributed by atoms with E-state index >= 15 is 0 Å². The standard InChI is InChI=1S/C13H14FNO4S/c1-8(2)12(13(16)17)20(18,19)7-10-5-11(14)4-3-9(10)6-15/h3-5,8,12H,7H2,1-2H3,(H,16,17). The fraction of sp³-hybridized carbons (Fsp3) is 0.385. The first-order chi connectivity index (χ1) is 9.19. The molecule has 0 bridgehead atoms. The van der Waals surface area contributed by atoms with E-state index in [1.165, 1.54) is 19.9 Å². The molecule has 1 unspecified atom stereocenters. The smallest absolute Gasteiger partial charge is 0.322 e. The lowest BCUT2D eigenvalue weighted by atomic mass is 10.1. The molecule has 0 aliphatic carbocycles. The van der Waals surface area contributed by atoms with Gasteiger partial charge in [0.2, 0.25) is 0 Å². The van der Waals surface area contributed by atoms with Crippen molar-refractivity contribution in [2.24, 2.45) is 5.92 Å². The summed E-state index contributed by atoms with van der Waals surface area (Å²) in [6.07, 6.45) is 0. The van der Waals surface area contributed by atoms with Crippen LogP contribution in [-0.4, -0.2) is 24.7 Å². The largest absolute Gasteiger partial charge is 0.480 e. The van der Waals surface area contributed by atoms with E-state index in [0.717, 1.165) is 12.1 Å². The molecule has 0 saturated heterocycles. The maximum absolute atomic E-state index is 13.2. The van der Waals surface area contributed by atoms with Gasteiger partial charge in [0.15, 0.2) is 15.1 Å². The molecule has 1 atom stereocenters. The van der Waals surface area contributed by atoms with Crippen molar-refractivity contribution in [1.29, 1.82) is 5.26 Å². The number of sulfone groups is 1. The van der Waals surface area contributed by atoms with Gasteiger partial charge in [0, 0.05) is 0 Å². The van der Waals surface area contributed by atoms with Crippen molar-refractivity contribution in [3.05, 3.63) is 35.1 Å². The Hall–Kier alpha value is -1.94. The number of carbonyl (C=O) groups is 1. The highest BCUT2D eigenvalue weighted by Gasteiger charge is 2.35. The summed E-state index contributed by atoms with van der Waals surface area (Å²) in [6.45, 7) is 2.96.